The molecule has 1 fully saturated rings. The number of benzene rings is 1. The van der Waals surface area contributed by atoms with E-state index in [1.807, 2.05) is 24.3 Å². The molecule has 0 atom stereocenters. The first kappa shape index (κ1) is 13.7. The molecule has 5 heteroatoms. The van der Waals surface area contributed by atoms with Gasteiger partial charge in [0.1, 0.15) is 5.75 Å². The van der Waals surface area contributed by atoms with Crippen LogP contribution in [0, 0.1) is 5.92 Å². The van der Waals surface area contributed by atoms with Crippen LogP contribution in [0.5, 0.6) is 5.75 Å². The first-order valence-corrected chi connectivity index (χ1v) is 6.57. The largest absolute Gasteiger partial charge is 0.484 e. The van der Waals surface area contributed by atoms with E-state index in [1.54, 1.807) is 0 Å². The summed E-state index contributed by atoms with van der Waals surface area (Å²) in [6.07, 6.45) is 2.24. The lowest BCUT2D eigenvalue weighted by Gasteiger charge is -2.22. The predicted octanol–water partition coefficient (Wildman–Crippen LogP) is 1.39. The molecule has 104 valence electrons. The molecule has 0 bridgehead atoms. The van der Waals surface area contributed by atoms with Gasteiger partial charge in [-0.15, -0.1) is 0 Å². The molecule has 0 unspecified atom stereocenters. The highest BCUT2D eigenvalue weighted by molar-refractivity contribution is 5.75. The van der Waals surface area contributed by atoms with Gasteiger partial charge in [0, 0.05) is 25.4 Å². The summed E-state index contributed by atoms with van der Waals surface area (Å²) < 4.78 is 10.5. The monoisotopic (exact) mass is 264 g/mol. The normalized spacial score (nSPS) is 16.0. The van der Waals surface area contributed by atoms with Crippen LogP contribution in [-0.4, -0.2) is 32.3 Å². The van der Waals surface area contributed by atoms with Gasteiger partial charge in [0.05, 0.1) is 0 Å². The zero-order valence-electron chi connectivity index (χ0n) is 10.9. The minimum Gasteiger partial charge on any atom is -0.484 e. The molecule has 0 radical (unpaired) electrons. The van der Waals surface area contributed by atoms with E-state index in [1.165, 1.54) is 0 Å². The van der Waals surface area contributed by atoms with Crippen LogP contribution in [0.2, 0.25) is 0 Å². The summed E-state index contributed by atoms with van der Waals surface area (Å²) in [6, 6.07) is 7.54. The summed E-state index contributed by atoms with van der Waals surface area (Å²) in [7, 11) is 0. The Hall–Kier alpha value is -1.75. The van der Waals surface area contributed by atoms with Crippen LogP contribution < -0.4 is 15.8 Å². The molecule has 19 heavy (non-hydrogen) atoms. The molecule has 0 aromatic heterocycles. The number of ether oxygens (including phenoxy) is 2. The molecule has 2 rings (SSSR count). The second kappa shape index (κ2) is 6.99. The number of rotatable bonds is 6. The zero-order chi connectivity index (χ0) is 13.5. The lowest BCUT2D eigenvalue weighted by Crippen LogP contribution is -2.22. The van der Waals surface area contributed by atoms with E-state index in [4.69, 9.17) is 15.2 Å². The highest BCUT2D eigenvalue weighted by Crippen LogP contribution is 2.18. The smallest absolute Gasteiger partial charge is 0.255 e. The van der Waals surface area contributed by atoms with Gasteiger partial charge in [-0.25, -0.2) is 0 Å². The highest BCUT2D eigenvalue weighted by atomic mass is 16.5. The van der Waals surface area contributed by atoms with Gasteiger partial charge in [-0.1, -0.05) is 0 Å². The summed E-state index contributed by atoms with van der Waals surface area (Å²) in [4.78, 5) is 10.6. The van der Waals surface area contributed by atoms with Crippen molar-refractivity contribution in [2.45, 2.75) is 12.8 Å². The molecule has 0 aliphatic carbocycles. The Balaban J connectivity index is 1.76. The number of hydrogen-bond donors (Lipinski definition) is 2. The Labute approximate surface area is 113 Å². The molecule has 1 amide bonds. The van der Waals surface area contributed by atoms with Gasteiger partial charge in [-0.05, 0) is 43.0 Å². The average Bonchev–Trinajstić information content (AvgIpc) is 2.45. The quantitative estimate of drug-likeness (QED) is 0.814. The lowest BCUT2D eigenvalue weighted by atomic mass is 10.0. The lowest BCUT2D eigenvalue weighted by molar-refractivity contribution is -0.119. The van der Waals surface area contributed by atoms with Crippen LogP contribution in [0.1, 0.15) is 12.8 Å². The van der Waals surface area contributed by atoms with Crippen molar-refractivity contribution in [1.82, 2.24) is 0 Å². The van der Waals surface area contributed by atoms with Crippen molar-refractivity contribution in [2.75, 3.05) is 31.7 Å². The topological polar surface area (TPSA) is 73.6 Å². The number of carbonyl (C=O) groups excluding carboxylic acids is 1. The van der Waals surface area contributed by atoms with E-state index in [0.717, 1.165) is 38.3 Å². The van der Waals surface area contributed by atoms with E-state index in [2.05, 4.69) is 5.32 Å². The third kappa shape index (κ3) is 4.79. The number of hydrogen-bond acceptors (Lipinski definition) is 4. The summed E-state index contributed by atoms with van der Waals surface area (Å²) >= 11 is 0. The second-order valence-corrected chi connectivity index (χ2v) is 4.72. The molecule has 1 aliphatic rings. The Morgan fingerprint density at radius 2 is 2.00 bits per heavy atom. The Morgan fingerprint density at radius 3 is 2.63 bits per heavy atom. The fourth-order valence-corrected chi connectivity index (χ4v) is 2.04. The molecular weight excluding hydrogens is 244 g/mol. The summed E-state index contributed by atoms with van der Waals surface area (Å²) in [5.74, 6) is 0.858. The van der Waals surface area contributed by atoms with Gasteiger partial charge in [-0.3, -0.25) is 4.79 Å². The maximum Gasteiger partial charge on any atom is 0.255 e. The summed E-state index contributed by atoms with van der Waals surface area (Å²) in [5, 5.41) is 3.40. The van der Waals surface area contributed by atoms with Crippen molar-refractivity contribution in [2.24, 2.45) is 11.7 Å². The standard InChI is InChI=1S/C14H20N2O3/c15-14(17)10-19-13-3-1-12(2-4-13)16-9-11-5-7-18-8-6-11/h1-4,11,16H,5-10H2,(H2,15,17). The molecule has 0 spiro atoms. The van der Waals surface area contributed by atoms with E-state index >= 15 is 0 Å². The fourth-order valence-electron chi connectivity index (χ4n) is 2.04. The molecule has 3 N–H and O–H groups in total. The zero-order valence-corrected chi connectivity index (χ0v) is 10.9. The van der Waals surface area contributed by atoms with E-state index in [-0.39, 0.29) is 6.61 Å². The first-order valence-electron chi connectivity index (χ1n) is 6.57. The van der Waals surface area contributed by atoms with E-state index < -0.39 is 5.91 Å². The van der Waals surface area contributed by atoms with Crippen LogP contribution in [0.3, 0.4) is 0 Å². The van der Waals surface area contributed by atoms with Crippen molar-refractivity contribution in [1.29, 1.82) is 0 Å². The third-order valence-corrected chi connectivity index (χ3v) is 3.17. The second-order valence-electron chi connectivity index (χ2n) is 4.72. The molecule has 1 aromatic carbocycles. The van der Waals surface area contributed by atoms with Gasteiger partial charge in [0.25, 0.3) is 5.91 Å². The van der Waals surface area contributed by atoms with Gasteiger partial charge >= 0.3 is 0 Å². The van der Waals surface area contributed by atoms with Crippen LogP contribution in [0.15, 0.2) is 24.3 Å². The maximum absolute atomic E-state index is 10.6. The van der Waals surface area contributed by atoms with Crippen LogP contribution in [0.4, 0.5) is 5.69 Å². The third-order valence-electron chi connectivity index (χ3n) is 3.17. The number of primary amides is 1. The fraction of sp³-hybridized carbons (Fsp3) is 0.500. The van der Waals surface area contributed by atoms with Crippen molar-refractivity contribution in [3.05, 3.63) is 24.3 Å². The summed E-state index contributed by atoms with van der Waals surface area (Å²) in [5.41, 5.74) is 6.07. The molecule has 1 aromatic rings. The maximum atomic E-state index is 10.6. The van der Waals surface area contributed by atoms with Gasteiger partial charge in [0.15, 0.2) is 6.61 Å². The summed E-state index contributed by atoms with van der Waals surface area (Å²) in [6.45, 7) is 2.61. The molecule has 1 saturated heterocycles. The van der Waals surface area contributed by atoms with Gasteiger partial charge in [-0.2, -0.15) is 0 Å². The predicted molar refractivity (Wildman–Crippen MR) is 73.2 cm³/mol. The minimum atomic E-state index is -0.471. The number of nitrogens with one attached hydrogen (secondary N) is 1. The number of amides is 1. The first-order chi connectivity index (χ1) is 9.24. The number of anilines is 1. The van der Waals surface area contributed by atoms with E-state index in [9.17, 15) is 4.79 Å². The van der Waals surface area contributed by atoms with Crippen LogP contribution >= 0.6 is 0 Å². The SMILES string of the molecule is NC(=O)COc1ccc(NCC2CCOCC2)cc1. The molecular formula is C14H20N2O3. The highest BCUT2D eigenvalue weighted by Gasteiger charge is 2.13. The minimum absolute atomic E-state index is 0.0884. The van der Waals surface area contributed by atoms with Crippen LogP contribution in [0.25, 0.3) is 0 Å². The molecule has 1 heterocycles. The van der Waals surface area contributed by atoms with Crippen LogP contribution in [-0.2, 0) is 9.53 Å². The average molecular weight is 264 g/mol. The van der Waals surface area contributed by atoms with Crippen molar-refractivity contribution in [3.8, 4) is 5.75 Å². The molecule has 0 saturated carbocycles. The van der Waals surface area contributed by atoms with Crippen molar-refractivity contribution < 1.29 is 14.3 Å². The van der Waals surface area contributed by atoms with Crippen molar-refractivity contribution >= 4 is 11.6 Å². The van der Waals surface area contributed by atoms with Gasteiger partial charge < -0.3 is 20.5 Å². The number of carbonyl (C=O) groups is 1. The Bertz CT molecular complexity index is 400. The molecule has 5 nitrogen and oxygen atoms in total. The van der Waals surface area contributed by atoms with Crippen molar-refractivity contribution in [3.63, 3.8) is 0 Å². The van der Waals surface area contributed by atoms with E-state index in [0.29, 0.717) is 11.7 Å². The van der Waals surface area contributed by atoms with Gasteiger partial charge in [0.2, 0.25) is 0 Å². The number of nitrogens with two attached hydrogens (primary N) is 1. The Morgan fingerprint density at radius 1 is 1.32 bits per heavy atom. The Kier molecular flexibility index (Phi) is 5.03. The molecule has 1 aliphatic heterocycles.